The molecule has 0 aliphatic heterocycles. The van der Waals surface area contributed by atoms with Crippen LogP contribution in [0.5, 0.6) is 0 Å². The van der Waals surface area contributed by atoms with Gasteiger partial charge >= 0.3 is 0 Å². The van der Waals surface area contributed by atoms with E-state index in [-0.39, 0.29) is 33.1 Å². The van der Waals surface area contributed by atoms with Crippen LogP contribution in [0.4, 0.5) is 11.5 Å². The molecule has 0 unspecified atom stereocenters. The van der Waals surface area contributed by atoms with Crippen LogP contribution in [0.15, 0.2) is 57.3 Å². The quantitative estimate of drug-likeness (QED) is 0.563. The van der Waals surface area contributed by atoms with Gasteiger partial charge in [-0.05, 0) is 50.3 Å². The number of nitrogen functional groups attached to an aromatic ring is 1. The Bertz CT molecular complexity index is 1180. The molecule has 1 aromatic heterocycles. The van der Waals surface area contributed by atoms with Crippen molar-refractivity contribution in [2.75, 3.05) is 17.3 Å². The fraction of sp³-hybridized carbons (Fsp3) is 0.238. The number of hydrogen-bond donors (Lipinski definition) is 2. The number of carbonyl (C=O) groups excluding carboxylic acids is 1. The Labute approximate surface area is 180 Å². The molecule has 3 aromatic rings. The Morgan fingerprint density at radius 3 is 2.27 bits per heavy atom. The lowest BCUT2D eigenvalue weighted by Gasteiger charge is -2.12. The molecule has 2 aromatic carbocycles. The first-order valence-corrected chi connectivity index (χ1v) is 11.9. The number of hydrogen-bond acceptors (Lipinski definition) is 6. The van der Waals surface area contributed by atoms with Crippen LogP contribution < -0.4 is 11.1 Å². The molecule has 9 heteroatoms. The van der Waals surface area contributed by atoms with Crippen molar-refractivity contribution in [1.82, 2.24) is 9.78 Å². The molecule has 30 heavy (non-hydrogen) atoms. The van der Waals surface area contributed by atoms with Crippen molar-refractivity contribution in [3.8, 4) is 0 Å². The number of nitrogens with two attached hydrogens (primary N) is 1. The van der Waals surface area contributed by atoms with Crippen LogP contribution in [-0.4, -0.2) is 30.4 Å². The fourth-order valence-corrected chi connectivity index (χ4v) is 5.54. The van der Waals surface area contributed by atoms with E-state index in [9.17, 15) is 13.2 Å². The van der Waals surface area contributed by atoms with Crippen molar-refractivity contribution in [1.29, 1.82) is 0 Å². The van der Waals surface area contributed by atoms with Crippen molar-refractivity contribution in [3.63, 3.8) is 0 Å². The molecule has 158 valence electrons. The SMILES string of the molecule is CSc1nn(CC(=O)Nc2c(C)cccc2C)c(N)c1S(=O)(=O)c1ccc(C)cc1. The van der Waals surface area contributed by atoms with Gasteiger partial charge in [0.25, 0.3) is 0 Å². The first-order chi connectivity index (χ1) is 14.1. The first kappa shape index (κ1) is 21.9. The van der Waals surface area contributed by atoms with Crippen LogP contribution in [0, 0.1) is 20.8 Å². The van der Waals surface area contributed by atoms with Crippen molar-refractivity contribution < 1.29 is 13.2 Å². The smallest absolute Gasteiger partial charge is 0.246 e. The third-order valence-electron chi connectivity index (χ3n) is 4.75. The zero-order chi connectivity index (χ0) is 22.1. The van der Waals surface area contributed by atoms with E-state index in [1.54, 1.807) is 30.5 Å². The summed E-state index contributed by atoms with van der Waals surface area (Å²) < 4.78 is 27.6. The fourth-order valence-electron chi connectivity index (χ4n) is 3.10. The number of carbonyl (C=O) groups is 1. The molecule has 0 fully saturated rings. The Morgan fingerprint density at radius 1 is 1.10 bits per heavy atom. The normalized spacial score (nSPS) is 11.5. The second kappa shape index (κ2) is 8.53. The van der Waals surface area contributed by atoms with E-state index in [4.69, 9.17) is 5.73 Å². The van der Waals surface area contributed by atoms with Crippen molar-refractivity contribution in [2.24, 2.45) is 0 Å². The highest BCUT2D eigenvalue weighted by Crippen LogP contribution is 2.34. The van der Waals surface area contributed by atoms with Crippen molar-refractivity contribution >= 4 is 39.0 Å². The van der Waals surface area contributed by atoms with Gasteiger partial charge < -0.3 is 11.1 Å². The first-order valence-electron chi connectivity index (χ1n) is 9.23. The van der Waals surface area contributed by atoms with Crippen molar-refractivity contribution in [2.45, 2.75) is 42.1 Å². The molecule has 0 radical (unpaired) electrons. The average Bonchev–Trinajstić information content (AvgIpc) is 3.01. The van der Waals surface area contributed by atoms with Crippen LogP contribution in [0.2, 0.25) is 0 Å². The average molecular weight is 445 g/mol. The molecular formula is C21H24N4O3S2. The second-order valence-corrected chi connectivity index (χ2v) is 9.69. The van der Waals surface area contributed by atoms with E-state index in [0.717, 1.165) is 22.4 Å². The molecule has 0 aliphatic carbocycles. The number of nitrogens with one attached hydrogen (secondary N) is 1. The van der Waals surface area contributed by atoms with Gasteiger partial charge in [-0.2, -0.15) is 5.10 Å². The number of thioether (sulfide) groups is 1. The minimum Gasteiger partial charge on any atom is -0.383 e. The van der Waals surface area contributed by atoms with E-state index in [0.29, 0.717) is 0 Å². The summed E-state index contributed by atoms with van der Waals surface area (Å²) in [5, 5.41) is 7.40. The minimum absolute atomic E-state index is 0.0587. The maximum atomic E-state index is 13.2. The van der Waals surface area contributed by atoms with Crippen molar-refractivity contribution in [3.05, 3.63) is 59.2 Å². The number of para-hydroxylation sites is 1. The molecule has 0 spiro atoms. The molecule has 0 saturated carbocycles. The monoisotopic (exact) mass is 444 g/mol. The molecular weight excluding hydrogens is 420 g/mol. The number of anilines is 2. The van der Waals surface area contributed by atoms with Gasteiger partial charge in [0.05, 0.1) is 4.90 Å². The van der Waals surface area contributed by atoms with Gasteiger partial charge in [0, 0.05) is 5.69 Å². The molecule has 1 heterocycles. The molecule has 7 nitrogen and oxygen atoms in total. The summed E-state index contributed by atoms with van der Waals surface area (Å²) in [6.45, 7) is 5.49. The summed E-state index contributed by atoms with van der Waals surface area (Å²) >= 11 is 1.17. The maximum absolute atomic E-state index is 13.2. The Hall–Kier alpha value is -2.78. The Balaban J connectivity index is 1.94. The van der Waals surface area contributed by atoms with Crippen LogP contribution in [0.25, 0.3) is 0 Å². The highest BCUT2D eigenvalue weighted by atomic mass is 32.2. The van der Waals surface area contributed by atoms with Crippen LogP contribution in [0.1, 0.15) is 16.7 Å². The minimum atomic E-state index is -3.88. The number of benzene rings is 2. The second-order valence-electron chi connectivity index (χ2n) is 7.01. The van der Waals surface area contributed by atoms with Gasteiger partial charge in [-0.25, -0.2) is 13.1 Å². The Kier molecular flexibility index (Phi) is 6.23. The molecule has 0 aliphatic rings. The summed E-state index contributed by atoms with van der Waals surface area (Å²) in [5.74, 6) is -0.398. The largest absolute Gasteiger partial charge is 0.383 e. The van der Waals surface area contributed by atoms with Gasteiger partial charge in [-0.1, -0.05) is 35.9 Å². The number of aromatic nitrogens is 2. The lowest BCUT2D eigenvalue weighted by Crippen LogP contribution is -2.21. The number of nitrogens with zero attached hydrogens (tertiary/aromatic N) is 2. The highest BCUT2D eigenvalue weighted by Gasteiger charge is 2.29. The molecule has 0 atom stereocenters. The lowest BCUT2D eigenvalue weighted by atomic mass is 10.1. The van der Waals surface area contributed by atoms with Gasteiger partial charge in [0.2, 0.25) is 15.7 Å². The summed E-state index contributed by atoms with van der Waals surface area (Å²) in [4.78, 5) is 12.7. The van der Waals surface area contributed by atoms with Gasteiger partial charge in [-0.3, -0.25) is 4.79 Å². The zero-order valence-electron chi connectivity index (χ0n) is 17.3. The molecule has 1 amide bonds. The maximum Gasteiger partial charge on any atom is 0.246 e. The summed E-state index contributed by atoms with van der Waals surface area (Å²) in [5.41, 5.74) is 9.71. The zero-order valence-corrected chi connectivity index (χ0v) is 18.9. The van der Waals surface area contributed by atoms with Crippen LogP contribution in [-0.2, 0) is 21.2 Å². The van der Waals surface area contributed by atoms with E-state index in [2.05, 4.69) is 10.4 Å². The van der Waals surface area contributed by atoms with E-state index in [1.807, 2.05) is 39.0 Å². The predicted octanol–water partition coefficient (Wildman–Crippen LogP) is 3.58. The van der Waals surface area contributed by atoms with E-state index in [1.165, 1.54) is 16.4 Å². The third kappa shape index (κ3) is 4.22. The molecule has 0 saturated heterocycles. The number of sulfone groups is 1. The summed E-state index contributed by atoms with van der Waals surface area (Å²) in [6.07, 6.45) is 1.72. The van der Waals surface area contributed by atoms with Gasteiger partial charge in [0.1, 0.15) is 22.3 Å². The lowest BCUT2D eigenvalue weighted by molar-refractivity contribution is -0.116. The number of amides is 1. The summed E-state index contributed by atoms with van der Waals surface area (Å²) in [6, 6.07) is 12.3. The molecule has 3 N–H and O–H groups in total. The predicted molar refractivity (Wildman–Crippen MR) is 120 cm³/mol. The van der Waals surface area contributed by atoms with Gasteiger partial charge in [-0.15, -0.1) is 11.8 Å². The van der Waals surface area contributed by atoms with Crippen LogP contribution in [0.3, 0.4) is 0 Å². The van der Waals surface area contributed by atoms with Gasteiger partial charge in [0.15, 0.2) is 0 Å². The molecule has 0 bridgehead atoms. The number of rotatable bonds is 6. The Morgan fingerprint density at radius 2 is 1.70 bits per heavy atom. The third-order valence-corrected chi connectivity index (χ3v) is 7.38. The van der Waals surface area contributed by atoms with E-state index >= 15 is 0 Å². The highest BCUT2D eigenvalue weighted by molar-refractivity contribution is 7.99. The topological polar surface area (TPSA) is 107 Å². The standard InChI is InChI=1S/C21H24N4O3S2/c1-13-8-10-16(11-9-13)30(27,28)19-20(22)25(24-21(19)29-4)12-17(26)23-18-14(2)6-5-7-15(18)3/h5-11H,12,22H2,1-4H3,(H,23,26). The van der Waals surface area contributed by atoms with E-state index < -0.39 is 9.84 Å². The van der Waals surface area contributed by atoms with Crippen LogP contribution >= 0.6 is 11.8 Å². The summed E-state index contributed by atoms with van der Waals surface area (Å²) in [7, 11) is -3.88. The number of aryl methyl sites for hydroxylation is 3. The molecule has 3 rings (SSSR count).